The van der Waals surface area contributed by atoms with Gasteiger partial charge in [-0.2, -0.15) is 0 Å². The van der Waals surface area contributed by atoms with Crippen LogP contribution in [0.3, 0.4) is 0 Å². The summed E-state index contributed by atoms with van der Waals surface area (Å²) in [7, 11) is 3.26. The topological polar surface area (TPSA) is 108 Å². The highest BCUT2D eigenvalue weighted by atomic mass is 32.2. The van der Waals surface area contributed by atoms with E-state index in [0.717, 1.165) is 0 Å². The number of methoxy groups -OCH3 is 1. The number of ether oxygens (including phenoxy) is 1. The number of hydrogen-bond donors (Lipinski definition) is 2. The Balaban J connectivity index is 1.93. The van der Waals surface area contributed by atoms with Crippen molar-refractivity contribution in [1.82, 2.24) is 20.2 Å². The summed E-state index contributed by atoms with van der Waals surface area (Å²) in [6.07, 6.45) is 0. The lowest BCUT2D eigenvalue weighted by atomic mass is 10.2. The van der Waals surface area contributed by atoms with Crippen LogP contribution in [0.2, 0.25) is 0 Å². The van der Waals surface area contributed by atoms with Crippen LogP contribution in [0, 0.1) is 0 Å². The van der Waals surface area contributed by atoms with Crippen molar-refractivity contribution in [3.8, 4) is 5.75 Å². The number of nitrogens with zero attached hydrogens (tertiary/aromatic N) is 4. The molecule has 0 aliphatic heterocycles. The molecule has 1 amide bonds. The monoisotopic (exact) mass is 294 g/mol. The van der Waals surface area contributed by atoms with Crippen LogP contribution < -0.4 is 15.8 Å². The van der Waals surface area contributed by atoms with Crippen LogP contribution in [0.25, 0.3) is 0 Å². The third-order valence-electron chi connectivity index (χ3n) is 2.45. The first-order valence-electron chi connectivity index (χ1n) is 5.68. The van der Waals surface area contributed by atoms with Crippen molar-refractivity contribution in [3.63, 3.8) is 0 Å². The van der Waals surface area contributed by atoms with Crippen LogP contribution in [-0.4, -0.2) is 39.0 Å². The van der Waals surface area contributed by atoms with Crippen LogP contribution in [0.5, 0.6) is 5.75 Å². The van der Waals surface area contributed by atoms with Crippen molar-refractivity contribution in [2.24, 2.45) is 7.05 Å². The molecule has 0 atom stereocenters. The molecule has 1 heterocycles. The molecule has 1 aromatic carbocycles. The number of nitrogens with one attached hydrogen (secondary N) is 1. The molecule has 0 bridgehead atoms. The number of tetrazole rings is 1. The molecule has 3 N–H and O–H groups in total. The standard InChI is InChI=1S/C11H14N6O2S/c1-17-11(14-15-16-17)20-6-10(18)13-9-4-3-7(19-2)5-8(9)12/h3-5H,6,12H2,1-2H3,(H,13,18). The van der Waals surface area contributed by atoms with E-state index in [1.54, 1.807) is 32.4 Å². The Morgan fingerprint density at radius 3 is 2.95 bits per heavy atom. The summed E-state index contributed by atoms with van der Waals surface area (Å²) < 4.78 is 6.54. The summed E-state index contributed by atoms with van der Waals surface area (Å²) >= 11 is 1.24. The molecule has 2 aromatic rings. The first kappa shape index (κ1) is 14.1. The summed E-state index contributed by atoms with van der Waals surface area (Å²) in [6.45, 7) is 0. The minimum atomic E-state index is -0.185. The molecule has 9 heteroatoms. The Bertz CT molecular complexity index is 615. The number of nitrogen functional groups attached to an aromatic ring is 1. The van der Waals surface area contributed by atoms with Gasteiger partial charge in [-0.05, 0) is 22.6 Å². The molecular weight excluding hydrogens is 280 g/mol. The Morgan fingerprint density at radius 1 is 1.55 bits per heavy atom. The number of anilines is 2. The van der Waals surface area contributed by atoms with Crippen LogP contribution >= 0.6 is 11.8 Å². The molecular formula is C11H14N6O2S. The fraction of sp³-hybridized carbons (Fsp3) is 0.273. The van der Waals surface area contributed by atoms with Crippen LogP contribution in [0.4, 0.5) is 11.4 Å². The molecule has 0 unspecified atom stereocenters. The van der Waals surface area contributed by atoms with E-state index >= 15 is 0 Å². The van der Waals surface area contributed by atoms with Crippen molar-refractivity contribution in [2.75, 3.05) is 23.9 Å². The number of carbonyl (C=O) groups is 1. The third kappa shape index (κ3) is 3.38. The van der Waals surface area contributed by atoms with Crippen LogP contribution in [-0.2, 0) is 11.8 Å². The SMILES string of the molecule is COc1ccc(NC(=O)CSc2nnnn2C)c(N)c1. The van der Waals surface area contributed by atoms with Gasteiger partial charge in [0.25, 0.3) is 0 Å². The summed E-state index contributed by atoms with van der Waals surface area (Å²) in [5.74, 6) is 0.648. The third-order valence-corrected chi connectivity index (χ3v) is 3.46. The van der Waals surface area contributed by atoms with Gasteiger partial charge in [-0.1, -0.05) is 11.8 Å². The second-order valence-electron chi connectivity index (χ2n) is 3.88. The van der Waals surface area contributed by atoms with Crippen LogP contribution in [0.1, 0.15) is 0 Å². The Labute approximate surface area is 119 Å². The van der Waals surface area contributed by atoms with Gasteiger partial charge < -0.3 is 15.8 Å². The van der Waals surface area contributed by atoms with Gasteiger partial charge in [-0.15, -0.1) is 5.10 Å². The average Bonchev–Trinajstić information content (AvgIpc) is 2.84. The van der Waals surface area contributed by atoms with Gasteiger partial charge in [-0.3, -0.25) is 4.79 Å². The Kier molecular flexibility index (Phi) is 4.41. The number of amides is 1. The molecule has 8 nitrogen and oxygen atoms in total. The van der Waals surface area contributed by atoms with Gasteiger partial charge in [-0.25, -0.2) is 4.68 Å². The summed E-state index contributed by atoms with van der Waals surface area (Å²) in [5, 5.41) is 14.3. The maximum Gasteiger partial charge on any atom is 0.234 e. The predicted octanol–water partition coefficient (Wildman–Crippen LogP) is 0.532. The second kappa shape index (κ2) is 6.24. The molecule has 0 saturated heterocycles. The molecule has 1 aromatic heterocycles. The normalized spacial score (nSPS) is 10.3. The molecule has 0 saturated carbocycles. The van der Waals surface area contributed by atoms with E-state index in [2.05, 4.69) is 20.8 Å². The molecule has 2 rings (SSSR count). The van der Waals surface area contributed by atoms with E-state index < -0.39 is 0 Å². The number of rotatable bonds is 5. The minimum absolute atomic E-state index is 0.185. The fourth-order valence-electron chi connectivity index (χ4n) is 1.44. The molecule has 106 valence electrons. The smallest absolute Gasteiger partial charge is 0.234 e. The highest BCUT2D eigenvalue weighted by Crippen LogP contribution is 2.24. The Hall–Kier alpha value is -2.29. The van der Waals surface area contributed by atoms with Crippen molar-refractivity contribution < 1.29 is 9.53 Å². The predicted molar refractivity (Wildman–Crippen MR) is 75.6 cm³/mol. The molecule has 0 fully saturated rings. The molecule has 0 spiro atoms. The number of aromatic nitrogens is 4. The number of carbonyl (C=O) groups excluding carboxylic acids is 1. The zero-order chi connectivity index (χ0) is 14.5. The fourth-order valence-corrected chi connectivity index (χ4v) is 2.09. The van der Waals surface area contributed by atoms with E-state index in [9.17, 15) is 4.79 Å². The highest BCUT2D eigenvalue weighted by Gasteiger charge is 2.09. The van der Waals surface area contributed by atoms with E-state index in [0.29, 0.717) is 22.3 Å². The number of thioether (sulfide) groups is 1. The maximum absolute atomic E-state index is 11.8. The number of aryl methyl sites for hydroxylation is 1. The van der Waals surface area contributed by atoms with Crippen molar-refractivity contribution in [1.29, 1.82) is 0 Å². The zero-order valence-electron chi connectivity index (χ0n) is 11.0. The molecule has 0 radical (unpaired) electrons. The summed E-state index contributed by atoms with van der Waals surface area (Å²) in [6, 6.07) is 5.07. The quantitative estimate of drug-likeness (QED) is 0.611. The minimum Gasteiger partial charge on any atom is -0.497 e. The van der Waals surface area contributed by atoms with Crippen molar-refractivity contribution in [3.05, 3.63) is 18.2 Å². The van der Waals surface area contributed by atoms with Gasteiger partial charge in [0.1, 0.15) is 5.75 Å². The Morgan fingerprint density at radius 2 is 2.35 bits per heavy atom. The van der Waals surface area contributed by atoms with Gasteiger partial charge in [0, 0.05) is 13.1 Å². The molecule has 20 heavy (non-hydrogen) atoms. The van der Waals surface area contributed by atoms with Crippen LogP contribution in [0.15, 0.2) is 23.4 Å². The largest absolute Gasteiger partial charge is 0.497 e. The van der Waals surface area contributed by atoms with Gasteiger partial charge >= 0.3 is 0 Å². The number of benzene rings is 1. The maximum atomic E-state index is 11.8. The van der Waals surface area contributed by atoms with E-state index in [-0.39, 0.29) is 11.7 Å². The lowest BCUT2D eigenvalue weighted by molar-refractivity contribution is -0.113. The summed E-state index contributed by atoms with van der Waals surface area (Å²) in [5.41, 5.74) is 6.82. The molecule has 0 aliphatic carbocycles. The number of nitrogens with two attached hydrogens (primary N) is 1. The van der Waals surface area contributed by atoms with Crippen molar-refractivity contribution in [2.45, 2.75) is 5.16 Å². The number of hydrogen-bond acceptors (Lipinski definition) is 7. The summed E-state index contributed by atoms with van der Waals surface area (Å²) in [4.78, 5) is 11.8. The average molecular weight is 294 g/mol. The lowest BCUT2D eigenvalue weighted by Crippen LogP contribution is -2.15. The highest BCUT2D eigenvalue weighted by molar-refractivity contribution is 7.99. The van der Waals surface area contributed by atoms with E-state index in [1.807, 2.05) is 0 Å². The van der Waals surface area contributed by atoms with E-state index in [1.165, 1.54) is 16.4 Å². The van der Waals surface area contributed by atoms with Gasteiger partial charge in [0.05, 0.1) is 24.2 Å². The van der Waals surface area contributed by atoms with Gasteiger partial charge in [0.2, 0.25) is 11.1 Å². The van der Waals surface area contributed by atoms with Gasteiger partial charge in [0.15, 0.2) is 0 Å². The lowest BCUT2D eigenvalue weighted by Gasteiger charge is -2.09. The molecule has 0 aliphatic rings. The second-order valence-corrected chi connectivity index (χ2v) is 4.82. The first-order chi connectivity index (χ1) is 9.60. The zero-order valence-corrected chi connectivity index (χ0v) is 11.8. The van der Waals surface area contributed by atoms with E-state index in [4.69, 9.17) is 10.5 Å². The first-order valence-corrected chi connectivity index (χ1v) is 6.67. The van der Waals surface area contributed by atoms with Crippen molar-refractivity contribution >= 4 is 29.0 Å².